The first-order chi connectivity index (χ1) is 18.5. The number of nitrogens with zero attached hydrogens (tertiary/aromatic N) is 7. The van der Waals surface area contributed by atoms with Crippen molar-refractivity contribution in [2.75, 3.05) is 0 Å². The molecule has 1 aliphatic heterocycles. The van der Waals surface area contributed by atoms with Crippen LogP contribution >= 0.6 is 0 Å². The third kappa shape index (κ3) is 4.51. The molecule has 0 saturated heterocycles. The molecule has 11 heteroatoms. The molecule has 3 aromatic heterocycles. The zero-order valence-corrected chi connectivity index (χ0v) is 21.4. The molecule has 11 nitrogen and oxygen atoms in total. The summed E-state index contributed by atoms with van der Waals surface area (Å²) >= 11 is 0. The Balaban J connectivity index is 1.64. The maximum absolute atomic E-state index is 14.0. The van der Waals surface area contributed by atoms with E-state index in [2.05, 4.69) is 32.5 Å². The van der Waals surface area contributed by atoms with Crippen LogP contribution in [0.4, 0.5) is 0 Å². The predicted molar refractivity (Wildman–Crippen MR) is 143 cm³/mol. The number of carbonyl (C=O) groups is 1. The first-order valence-electron chi connectivity index (χ1n) is 12.7. The Morgan fingerprint density at radius 2 is 2.11 bits per heavy atom. The second kappa shape index (κ2) is 10.4. The van der Waals surface area contributed by atoms with Gasteiger partial charge in [-0.25, -0.2) is 9.59 Å². The van der Waals surface area contributed by atoms with Crippen molar-refractivity contribution in [3.63, 3.8) is 0 Å². The number of aryl methyl sites for hydroxylation is 2. The molecule has 0 fully saturated rings. The van der Waals surface area contributed by atoms with E-state index in [4.69, 9.17) is 0 Å². The zero-order valence-electron chi connectivity index (χ0n) is 21.4. The predicted octanol–water partition coefficient (Wildman–Crippen LogP) is 3.61. The molecule has 0 radical (unpaired) electrons. The van der Waals surface area contributed by atoms with Crippen molar-refractivity contribution in [1.29, 1.82) is 0 Å². The Morgan fingerprint density at radius 3 is 2.79 bits per heavy atom. The summed E-state index contributed by atoms with van der Waals surface area (Å²) in [6.07, 6.45) is 12.3. The van der Waals surface area contributed by atoms with Crippen LogP contribution in [0.1, 0.15) is 54.7 Å². The van der Waals surface area contributed by atoms with Crippen molar-refractivity contribution in [1.82, 2.24) is 34.3 Å². The van der Waals surface area contributed by atoms with Crippen LogP contribution in [0.25, 0.3) is 17.2 Å². The van der Waals surface area contributed by atoms with Gasteiger partial charge in [-0.3, -0.25) is 14.1 Å². The maximum atomic E-state index is 14.0. The van der Waals surface area contributed by atoms with Gasteiger partial charge in [0.25, 0.3) is 0 Å². The van der Waals surface area contributed by atoms with Crippen LogP contribution in [0.2, 0.25) is 0 Å². The molecular formula is C27H30N8O3. The third-order valence-corrected chi connectivity index (χ3v) is 7.10. The molecule has 0 saturated carbocycles. The summed E-state index contributed by atoms with van der Waals surface area (Å²) in [5, 5.41) is 24.2. The number of aromatic nitrogens is 7. The minimum absolute atomic E-state index is 0.0976. The Morgan fingerprint density at radius 1 is 1.24 bits per heavy atom. The normalized spacial score (nSPS) is 16.8. The fourth-order valence-corrected chi connectivity index (χ4v) is 5.05. The van der Waals surface area contributed by atoms with E-state index in [0.717, 1.165) is 29.7 Å². The molecule has 0 amide bonds. The topological polar surface area (TPSA) is 136 Å². The molecule has 2 N–H and O–H groups in total. The molecule has 4 aromatic rings. The van der Waals surface area contributed by atoms with Crippen LogP contribution in [0.3, 0.4) is 0 Å². The summed E-state index contributed by atoms with van der Waals surface area (Å²) in [6.45, 7) is 4.93. The van der Waals surface area contributed by atoms with Gasteiger partial charge in [-0.2, -0.15) is 5.21 Å². The molecule has 4 heterocycles. The monoisotopic (exact) mass is 514 g/mol. The Labute approximate surface area is 219 Å². The minimum atomic E-state index is -1.07. The molecule has 1 unspecified atom stereocenters. The molecule has 1 aromatic carbocycles. The summed E-state index contributed by atoms with van der Waals surface area (Å²) in [4.78, 5) is 30.3. The highest BCUT2D eigenvalue weighted by atomic mass is 16.4. The van der Waals surface area contributed by atoms with Crippen molar-refractivity contribution in [2.24, 2.45) is 4.99 Å². The molecule has 1 aliphatic rings. The first kappa shape index (κ1) is 25.1. The third-order valence-electron chi connectivity index (χ3n) is 7.10. The van der Waals surface area contributed by atoms with E-state index in [1.54, 1.807) is 33.8 Å². The number of aromatic amines is 1. The van der Waals surface area contributed by atoms with E-state index in [1.807, 2.05) is 43.5 Å². The van der Waals surface area contributed by atoms with Crippen molar-refractivity contribution in [3.05, 3.63) is 82.3 Å². The molecule has 196 valence electrons. The average molecular weight is 515 g/mol. The van der Waals surface area contributed by atoms with Crippen LogP contribution in [0, 0.1) is 0 Å². The van der Waals surface area contributed by atoms with E-state index in [0.29, 0.717) is 37.6 Å². The van der Waals surface area contributed by atoms with Crippen LogP contribution in [0.5, 0.6) is 0 Å². The fraction of sp³-hybridized carbons (Fsp3) is 0.333. The van der Waals surface area contributed by atoms with Gasteiger partial charge in [0.15, 0.2) is 0 Å². The Kier molecular flexibility index (Phi) is 6.91. The van der Waals surface area contributed by atoms with Crippen molar-refractivity contribution in [2.45, 2.75) is 58.0 Å². The largest absolute Gasteiger partial charge is 0.478 e. The fourth-order valence-electron chi connectivity index (χ4n) is 5.05. The summed E-state index contributed by atoms with van der Waals surface area (Å²) < 4.78 is 5.07. The molecule has 0 bridgehead atoms. The highest BCUT2D eigenvalue weighted by Gasteiger charge is 2.33. The Bertz CT molecular complexity index is 1560. The SMILES string of the molecule is CCCCc1cn(-c2c(C(=O)O)ccn2CC)c(=O)n1CC1(c2cccc(-c3nn[nH]n3)c2)C=CN=CC1. The van der Waals surface area contributed by atoms with Gasteiger partial charge in [-0.1, -0.05) is 37.6 Å². The lowest BCUT2D eigenvalue weighted by atomic mass is 9.76. The average Bonchev–Trinajstić information content (AvgIpc) is 3.68. The lowest BCUT2D eigenvalue weighted by Crippen LogP contribution is -2.37. The number of nitrogens with one attached hydrogen (secondary N) is 1. The smallest absolute Gasteiger partial charge is 0.339 e. The van der Waals surface area contributed by atoms with Gasteiger partial charge in [0.05, 0.1) is 0 Å². The number of allylic oxidation sites excluding steroid dienone is 1. The summed E-state index contributed by atoms with van der Waals surface area (Å²) in [5.41, 5.74) is 1.94. The lowest BCUT2D eigenvalue weighted by Gasteiger charge is -2.32. The number of carboxylic acid groups (broad SMARTS) is 1. The van der Waals surface area contributed by atoms with E-state index in [1.165, 1.54) is 4.57 Å². The van der Waals surface area contributed by atoms with Gasteiger partial charge < -0.3 is 9.67 Å². The number of H-pyrrole nitrogens is 1. The highest BCUT2D eigenvalue weighted by Crippen LogP contribution is 2.35. The summed E-state index contributed by atoms with van der Waals surface area (Å²) in [6, 6.07) is 9.46. The van der Waals surface area contributed by atoms with Crippen molar-refractivity contribution < 1.29 is 9.90 Å². The van der Waals surface area contributed by atoms with Gasteiger partial charge in [0.2, 0.25) is 5.82 Å². The second-order valence-corrected chi connectivity index (χ2v) is 9.43. The van der Waals surface area contributed by atoms with Crippen LogP contribution in [-0.2, 0) is 24.9 Å². The first-order valence-corrected chi connectivity index (χ1v) is 12.7. The van der Waals surface area contributed by atoms with Gasteiger partial charge in [0.1, 0.15) is 11.4 Å². The Hall–Kier alpha value is -4.54. The highest BCUT2D eigenvalue weighted by molar-refractivity contribution is 5.91. The standard InChI is InChI=1S/C27H30N8O3/c1-3-5-9-21-17-34(24-22(25(36)37)10-15-33(24)4-2)26(38)35(21)18-27(11-13-28-14-12-27)20-8-6-7-19(16-20)23-29-31-32-30-23/h6-8,10-11,13-17H,3-5,9,12,18H2,1-2H3,(H,36,37)(H,29,30,31,32). The van der Waals surface area contributed by atoms with Gasteiger partial charge in [-0.15, -0.1) is 10.2 Å². The van der Waals surface area contributed by atoms with Crippen LogP contribution in [-0.4, -0.2) is 51.6 Å². The van der Waals surface area contributed by atoms with E-state index in [9.17, 15) is 14.7 Å². The van der Waals surface area contributed by atoms with E-state index >= 15 is 0 Å². The number of unbranched alkanes of at least 4 members (excludes halogenated alkanes) is 1. The van der Waals surface area contributed by atoms with Crippen molar-refractivity contribution in [3.8, 4) is 17.2 Å². The summed E-state index contributed by atoms with van der Waals surface area (Å²) in [7, 11) is 0. The number of imidazole rings is 1. The number of aliphatic imine (C=N–C) groups is 1. The quantitative estimate of drug-likeness (QED) is 0.332. The number of carboxylic acids is 1. The van der Waals surface area contributed by atoms with Crippen LogP contribution < -0.4 is 5.69 Å². The van der Waals surface area contributed by atoms with E-state index in [-0.39, 0.29) is 11.3 Å². The number of tetrazole rings is 1. The van der Waals surface area contributed by atoms with Gasteiger partial charge in [-0.05, 0) is 49.1 Å². The maximum Gasteiger partial charge on any atom is 0.339 e. The van der Waals surface area contributed by atoms with Crippen LogP contribution in [0.15, 0.2) is 64.8 Å². The molecular weight excluding hydrogens is 484 g/mol. The van der Waals surface area contributed by atoms with Gasteiger partial charge >= 0.3 is 11.7 Å². The molecule has 0 aliphatic carbocycles. The number of rotatable bonds is 10. The summed E-state index contributed by atoms with van der Waals surface area (Å²) in [5.74, 6) is -0.206. The molecule has 38 heavy (non-hydrogen) atoms. The van der Waals surface area contributed by atoms with E-state index < -0.39 is 11.4 Å². The number of aromatic carboxylic acids is 1. The molecule has 0 spiro atoms. The molecule has 5 rings (SSSR count). The second-order valence-electron chi connectivity index (χ2n) is 9.43. The number of hydrogen-bond acceptors (Lipinski definition) is 6. The van der Waals surface area contributed by atoms with Crippen molar-refractivity contribution >= 4 is 12.2 Å². The lowest BCUT2D eigenvalue weighted by molar-refractivity contribution is 0.0697. The molecule has 1 atom stereocenters. The number of benzene rings is 1. The minimum Gasteiger partial charge on any atom is -0.478 e. The van der Waals surface area contributed by atoms with Gasteiger partial charge in [0, 0.05) is 54.6 Å². The number of hydrogen-bond donors (Lipinski definition) is 2. The zero-order chi connectivity index (χ0) is 26.7.